The molecule has 0 radical (unpaired) electrons. The number of carbonyl (C=O) groups is 1. The summed E-state index contributed by atoms with van der Waals surface area (Å²) in [6, 6.07) is 10.1. The quantitative estimate of drug-likeness (QED) is 0.531. The first-order valence-corrected chi connectivity index (χ1v) is 7.36. The summed E-state index contributed by atoms with van der Waals surface area (Å²) in [6.45, 7) is 0. The normalized spacial score (nSPS) is 10.9. The van der Waals surface area contributed by atoms with Gasteiger partial charge in [0.2, 0.25) is 5.91 Å². The molecule has 0 heterocycles. The van der Waals surface area contributed by atoms with Crippen LogP contribution in [-0.2, 0) is 4.79 Å². The Morgan fingerprint density at radius 1 is 0.905 bits per heavy atom. The maximum Gasteiger partial charge on any atom is 0.248 e. The summed E-state index contributed by atoms with van der Waals surface area (Å²) in [5.41, 5.74) is 1.26. The van der Waals surface area contributed by atoms with Gasteiger partial charge in [-0.1, -0.05) is 58.5 Å². The zero-order chi connectivity index (χ0) is 15.4. The van der Waals surface area contributed by atoms with Gasteiger partial charge >= 0.3 is 0 Å². The molecule has 108 valence electrons. The molecule has 0 aliphatic carbocycles. The van der Waals surface area contributed by atoms with E-state index in [1.54, 1.807) is 30.3 Å². The number of benzene rings is 2. The minimum absolute atomic E-state index is 0.317. The Hall–Kier alpha value is -1.19. The zero-order valence-electron chi connectivity index (χ0n) is 10.5. The van der Waals surface area contributed by atoms with Gasteiger partial charge in [0, 0.05) is 11.1 Å². The maximum atomic E-state index is 11.8. The van der Waals surface area contributed by atoms with Crippen molar-refractivity contribution in [2.45, 2.75) is 0 Å². The Balaban J connectivity index is 2.08. The smallest absolute Gasteiger partial charge is 0.248 e. The number of anilines is 1. The van der Waals surface area contributed by atoms with Crippen LogP contribution < -0.4 is 5.32 Å². The van der Waals surface area contributed by atoms with E-state index in [9.17, 15) is 4.79 Å². The molecule has 0 fully saturated rings. The number of rotatable bonds is 3. The van der Waals surface area contributed by atoms with E-state index in [1.807, 2.05) is 0 Å². The SMILES string of the molecule is O=C(C=Cc1ccc(Cl)cc1)Nc1cc(Cl)c(Cl)cc1Cl. The molecule has 0 atom stereocenters. The predicted octanol–water partition coefficient (Wildman–Crippen LogP) is 5.95. The lowest BCUT2D eigenvalue weighted by Crippen LogP contribution is -2.08. The van der Waals surface area contributed by atoms with Gasteiger partial charge in [0.15, 0.2) is 0 Å². The van der Waals surface area contributed by atoms with Gasteiger partial charge in [0.05, 0.1) is 20.8 Å². The van der Waals surface area contributed by atoms with Crippen LogP contribution >= 0.6 is 46.4 Å². The molecule has 2 rings (SSSR count). The van der Waals surface area contributed by atoms with Crippen molar-refractivity contribution in [3.05, 3.63) is 68.1 Å². The highest BCUT2D eigenvalue weighted by Crippen LogP contribution is 2.32. The van der Waals surface area contributed by atoms with Gasteiger partial charge < -0.3 is 5.32 Å². The van der Waals surface area contributed by atoms with Gasteiger partial charge in [-0.3, -0.25) is 4.79 Å². The maximum absolute atomic E-state index is 11.8. The van der Waals surface area contributed by atoms with Crippen LogP contribution in [0.15, 0.2) is 42.5 Å². The van der Waals surface area contributed by atoms with Gasteiger partial charge in [-0.25, -0.2) is 0 Å². The number of halogens is 4. The summed E-state index contributed by atoms with van der Waals surface area (Å²) in [6.07, 6.45) is 3.05. The standard InChI is InChI=1S/C15H9Cl4NO/c16-10-4-1-9(2-5-10)3-6-15(21)20-14-8-12(18)11(17)7-13(14)19/h1-8H,(H,20,21). The Morgan fingerprint density at radius 3 is 2.19 bits per heavy atom. The molecule has 0 saturated carbocycles. The highest BCUT2D eigenvalue weighted by atomic mass is 35.5. The lowest BCUT2D eigenvalue weighted by molar-refractivity contribution is -0.111. The summed E-state index contributed by atoms with van der Waals surface area (Å²) in [4.78, 5) is 11.8. The molecule has 1 amide bonds. The highest BCUT2D eigenvalue weighted by molar-refractivity contribution is 6.44. The molecule has 0 aliphatic heterocycles. The van der Waals surface area contributed by atoms with Crippen molar-refractivity contribution in [2.24, 2.45) is 0 Å². The Bertz CT molecular complexity index is 696. The van der Waals surface area contributed by atoms with Crippen LogP contribution in [0, 0.1) is 0 Å². The van der Waals surface area contributed by atoms with Gasteiger partial charge in [0.25, 0.3) is 0 Å². The second kappa shape index (κ2) is 7.19. The summed E-state index contributed by atoms with van der Waals surface area (Å²) in [5, 5.41) is 4.24. The minimum Gasteiger partial charge on any atom is -0.321 e. The van der Waals surface area contributed by atoms with Crippen LogP contribution in [0.3, 0.4) is 0 Å². The first kappa shape index (κ1) is 16.2. The first-order valence-electron chi connectivity index (χ1n) is 5.85. The van der Waals surface area contributed by atoms with Gasteiger partial charge in [0.1, 0.15) is 0 Å². The highest BCUT2D eigenvalue weighted by Gasteiger charge is 2.07. The van der Waals surface area contributed by atoms with Crippen molar-refractivity contribution in [1.82, 2.24) is 0 Å². The number of carbonyl (C=O) groups excluding carboxylic acids is 1. The average molecular weight is 361 g/mol. The Labute approximate surface area is 142 Å². The van der Waals surface area contributed by atoms with Crippen LogP contribution in [0.4, 0.5) is 5.69 Å². The second-order valence-corrected chi connectivity index (χ2v) is 5.78. The van der Waals surface area contributed by atoms with Crippen LogP contribution in [0.25, 0.3) is 6.08 Å². The largest absolute Gasteiger partial charge is 0.321 e. The van der Waals surface area contributed by atoms with E-state index in [0.717, 1.165) is 5.56 Å². The van der Waals surface area contributed by atoms with E-state index in [0.29, 0.717) is 25.8 Å². The molecule has 1 N–H and O–H groups in total. The molecule has 0 unspecified atom stereocenters. The van der Waals surface area contributed by atoms with E-state index in [1.165, 1.54) is 18.2 Å². The first-order chi connectivity index (χ1) is 9.95. The molecule has 0 spiro atoms. The summed E-state index contributed by atoms with van der Waals surface area (Å²) >= 11 is 23.5. The third kappa shape index (κ3) is 4.65. The van der Waals surface area contributed by atoms with Crippen LogP contribution in [0.5, 0.6) is 0 Å². The van der Waals surface area contributed by atoms with Gasteiger partial charge in [-0.2, -0.15) is 0 Å². The Morgan fingerprint density at radius 2 is 1.52 bits per heavy atom. The molecule has 2 aromatic carbocycles. The van der Waals surface area contributed by atoms with Crippen molar-refractivity contribution in [3.63, 3.8) is 0 Å². The molecular formula is C15H9Cl4NO. The van der Waals surface area contributed by atoms with E-state index in [4.69, 9.17) is 46.4 Å². The summed E-state index contributed by atoms with van der Waals surface area (Å²) in [7, 11) is 0. The van der Waals surface area contributed by atoms with Gasteiger partial charge in [-0.05, 0) is 35.9 Å². The molecule has 21 heavy (non-hydrogen) atoms. The van der Waals surface area contributed by atoms with Crippen molar-refractivity contribution in [3.8, 4) is 0 Å². The number of hydrogen-bond acceptors (Lipinski definition) is 1. The van der Waals surface area contributed by atoms with E-state index in [-0.39, 0.29) is 5.91 Å². The molecule has 0 bridgehead atoms. The van der Waals surface area contributed by atoms with Crippen LogP contribution in [0.2, 0.25) is 20.1 Å². The van der Waals surface area contributed by atoms with Crippen LogP contribution in [0.1, 0.15) is 5.56 Å². The van der Waals surface area contributed by atoms with E-state index >= 15 is 0 Å². The average Bonchev–Trinajstić information content (AvgIpc) is 2.44. The predicted molar refractivity (Wildman–Crippen MR) is 90.6 cm³/mol. The number of hydrogen-bond donors (Lipinski definition) is 1. The minimum atomic E-state index is -0.328. The van der Waals surface area contributed by atoms with Crippen molar-refractivity contribution in [1.29, 1.82) is 0 Å². The van der Waals surface area contributed by atoms with E-state index in [2.05, 4.69) is 5.32 Å². The monoisotopic (exact) mass is 359 g/mol. The molecule has 2 nitrogen and oxygen atoms in total. The van der Waals surface area contributed by atoms with Gasteiger partial charge in [-0.15, -0.1) is 0 Å². The van der Waals surface area contributed by atoms with Crippen molar-refractivity contribution >= 4 is 64.1 Å². The molecule has 0 aliphatic rings. The number of amides is 1. The van der Waals surface area contributed by atoms with E-state index < -0.39 is 0 Å². The third-order valence-corrected chi connectivity index (χ3v) is 3.85. The lowest BCUT2D eigenvalue weighted by atomic mass is 10.2. The molecule has 2 aromatic rings. The fourth-order valence-corrected chi connectivity index (χ4v) is 2.26. The molecular weight excluding hydrogens is 352 g/mol. The summed E-state index contributed by atoms with van der Waals surface area (Å²) in [5.74, 6) is -0.328. The van der Waals surface area contributed by atoms with Crippen molar-refractivity contribution in [2.75, 3.05) is 5.32 Å². The summed E-state index contributed by atoms with van der Waals surface area (Å²) < 4.78 is 0. The molecule has 6 heteroatoms. The third-order valence-electron chi connectivity index (χ3n) is 2.56. The van der Waals surface area contributed by atoms with Crippen LogP contribution in [-0.4, -0.2) is 5.91 Å². The number of nitrogens with one attached hydrogen (secondary N) is 1. The van der Waals surface area contributed by atoms with Crippen molar-refractivity contribution < 1.29 is 4.79 Å². The topological polar surface area (TPSA) is 29.1 Å². The molecule has 0 saturated heterocycles. The molecule has 0 aromatic heterocycles. The Kier molecular flexibility index (Phi) is 5.54. The lowest BCUT2D eigenvalue weighted by Gasteiger charge is -2.06. The second-order valence-electron chi connectivity index (χ2n) is 4.12. The fourth-order valence-electron chi connectivity index (χ4n) is 1.54. The zero-order valence-corrected chi connectivity index (χ0v) is 13.6. The fraction of sp³-hybridized carbons (Fsp3) is 0.